The van der Waals surface area contributed by atoms with Gasteiger partial charge in [0.25, 0.3) is 0 Å². The Morgan fingerprint density at radius 2 is 2.06 bits per heavy atom. The van der Waals surface area contributed by atoms with E-state index in [0.717, 1.165) is 11.7 Å². The van der Waals surface area contributed by atoms with E-state index in [9.17, 15) is 0 Å². The number of anilines is 1. The first-order valence-corrected chi connectivity index (χ1v) is 6.81. The first-order chi connectivity index (χ1) is 8.56. The molecular formula is C14H23N3O. The first kappa shape index (κ1) is 13.1. The third-order valence-corrected chi connectivity index (χ3v) is 3.80. The van der Waals surface area contributed by atoms with Crippen molar-refractivity contribution >= 4 is 5.82 Å². The zero-order chi connectivity index (χ0) is 13.1. The molecule has 3 unspecified atom stereocenters. The number of nitrogens with zero attached hydrogens (tertiary/aromatic N) is 2. The van der Waals surface area contributed by atoms with Gasteiger partial charge in [0.1, 0.15) is 12.1 Å². The van der Waals surface area contributed by atoms with Crippen LogP contribution in [0.1, 0.15) is 40.5 Å². The fourth-order valence-corrected chi connectivity index (χ4v) is 2.48. The smallest absolute Gasteiger partial charge is 0.218 e. The van der Waals surface area contributed by atoms with Gasteiger partial charge >= 0.3 is 0 Å². The molecule has 0 aromatic carbocycles. The summed E-state index contributed by atoms with van der Waals surface area (Å²) in [6.07, 6.45) is 4.20. The van der Waals surface area contributed by atoms with Gasteiger partial charge in [0, 0.05) is 12.1 Å². The third-order valence-electron chi connectivity index (χ3n) is 3.80. The maximum absolute atomic E-state index is 5.58. The molecule has 1 aliphatic carbocycles. The van der Waals surface area contributed by atoms with Crippen LogP contribution in [0, 0.1) is 11.8 Å². The Bertz CT molecular complexity index is 394. The summed E-state index contributed by atoms with van der Waals surface area (Å²) < 4.78 is 5.58. The molecule has 1 aliphatic rings. The van der Waals surface area contributed by atoms with Gasteiger partial charge in [-0.2, -0.15) is 0 Å². The molecule has 1 aromatic heterocycles. The van der Waals surface area contributed by atoms with E-state index in [1.165, 1.54) is 12.8 Å². The van der Waals surface area contributed by atoms with Gasteiger partial charge in [0.05, 0.1) is 6.10 Å². The fourth-order valence-electron chi connectivity index (χ4n) is 2.48. The van der Waals surface area contributed by atoms with Crippen molar-refractivity contribution in [3.05, 3.63) is 12.4 Å². The molecule has 0 bridgehead atoms. The number of rotatable bonds is 4. The highest BCUT2D eigenvalue weighted by molar-refractivity contribution is 5.38. The van der Waals surface area contributed by atoms with Crippen LogP contribution in [0.3, 0.4) is 0 Å². The molecule has 0 saturated heterocycles. The maximum Gasteiger partial charge on any atom is 0.218 e. The molecule has 4 nitrogen and oxygen atoms in total. The third kappa shape index (κ3) is 3.12. The average molecular weight is 249 g/mol. The van der Waals surface area contributed by atoms with Crippen molar-refractivity contribution < 1.29 is 4.74 Å². The molecular weight excluding hydrogens is 226 g/mol. The highest BCUT2D eigenvalue weighted by Crippen LogP contribution is 2.33. The van der Waals surface area contributed by atoms with Crippen LogP contribution in [0.4, 0.5) is 5.82 Å². The van der Waals surface area contributed by atoms with Gasteiger partial charge in [-0.15, -0.1) is 0 Å². The first-order valence-electron chi connectivity index (χ1n) is 6.81. The van der Waals surface area contributed by atoms with Crippen LogP contribution < -0.4 is 10.1 Å². The highest BCUT2D eigenvalue weighted by Gasteiger charge is 2.29. The molecule has 1 aromatic rings. The van der Waals surface area contributed by atoms with Crippen molar-refractivity contribution in [1.29, 1.82) is 0 Å². The van der Waals surface area contributed by atoms with Crippen LogP contribution in [-0.4, -0.2) is 22.1 Å². The largest absolute Gasteiger partial charge is 0.475 e. The summed E-state index contributed by atoms with van der Waals surface area (Å²) in [5, 5.41) is 3.50. The lowest BCUT2D eigenvalue weighted by atomic mass is 9.98. The Morgan fingerprint density at radius 3 is 2.67 bits per heavy atom. The SMILES string of the molecule is CC(C)Oc1cc(NC2CCC(C)C2C)ncn1. The van der Waals surface area contributed by atoms with Crippen molar-refractivity contribution in [3.63, 3.8) is 0 Å². The van der Waals surface area contributed by atoms with E-state index in [4.69, 9.17) is 4.74 Å². The van der Waals surface area contributed by atoms with Crippen LogP contribution in [0.25, 0.3) is 0 Å². The van der Waals surface area contributed by atoms with Crippen molar-refractivity contribution in [2.24, 2.45) is 11.8 Å². The molecule has 18 heavy (non-hydrogen) atoms. The molecule has 1 saturated carbocycles. The van der Waals surface area contributed by atoms with E-state index >= 15 is 0 Å². The number of nitrogens with one attached hydrogen (secondary N) is 1. The van der Waals surface area contributed by atoms with Crippen LogP contribution in [0.5, 0.6) is 5.88 Å². The molecule has 1 N–H and O–H groups in total. The lowest BCUT2D eigenvalue weighted by Crippen LogP contribution is -2.24. The molecule has 0 amide bonds. The van der Waals surface area contributed by atoms with Gasteiger partial charge in [0.15, 0.2) is 0 Å². The normalized spacial score (nSPS) is 27.5. The Morgan fingerprint density at radius 1 is 1.28 bits per heavy atom. The Labute approximate surface area is 109 Å². The van der Waals surface area contributed by atoms with Gasteiger partial charge in [-0.25, -0.2) is 9.97 Å². The van der Waals surface area contributed by atoms with E-state index in [1.54, 1.807) is 6.33 Å². The van der Waals surface area contributed by atoms with Crippen molar-refractivity contribution in [2.75, 3.05) is 5.32 Å². The van der Waals surface area contributed by atoms with E-state index in [1.807, 2.05) is 19.9 Å². The molecule has 0 radical (unpaired) electrons. The summed E-state index contributed by atoms with van der Waals surface area (Å²) in [4.78, 5) is 8.38. The van der Waals surface area contributed by atoms with Crippen molar-refractivity contribution in [2.45, 2.75) is 52.7 Å². The summed E-state index contributed by atoms with van der Waals surface area (Å²) in [6, 6.07) is 2.40. The molecule has 3 atom stereocenters. The Balaban J connectivity index is 2.01. The van der Waals surface area contributed by atoms with Crippen LogP contribution in [0.2, 0.25) is 0 Å². The molecule has 1 heterocycles. The van der Waals surface area contributed by atoms with Crippen molar-refractivity contribution in [3.8, 4) is 5.88 Å². The summed E-state index contributed by atoms with van der Waals surface area (Å²) in [5.74, 6) is 2.98. The van der Waals surface area contributed by atoms with Crippen LogP contribution in [0.15, 0.2) is 12.4 Å². The minimum absolute atomic E-state index is 0.137. The second kappa shape index (κ2) is 5.55. The lowest BCUT2D eigenvalue weighted by Gasteiger charge is -2.20. The Hall–Kier alpha value is -1.32. The standard InChI is InChI=1S/C14H23N3O/c1-9(2)18-14-7-13(15-8-16-14)17-12-6-5-10(3)11(12)4/h7-12H,5-6H2,1-4H3,(H,15,16,17). The minimum atomic E-state index is 0.137. The lowest BCUT2D eigenvalue weighted by molar-refractivity contribution is 0.232. The van der Waals surface area contributed by atoms with Crippen molar-refractivity contribution in [1.82, 2.24) is 9.97 Å². The molecule has 4 heteroatoms. The molecule has 0 spiro atoms. The predicted octanol–water partition coefficient (Wildman–Crippen LogP) is 3.11. The number of ether oxygens (including phenoxy) is 1. The fraction of sp³-hybridized carbons (Fsp3) is 0.714. The van der Waals surface area contributed by atoms with Crippen LogP contribution >= 0.6 is 0 Å². The van der Waals surface area contributed by atoms with Crippen LogP contribution in [-0.2, 0) is 0 Å². The van der Waals surface area contributed by atoms with Gasteiger partial charge in [-0.3, -0.25) is 0 Å². The number of hydrogen-bond acceptors (Lipinski definition) is 4. The summed E-state index contributed by atoms with van der Waals surface area (Å²) in [5.41, 5.74) is 0. The summed E-state index contributed by atoms with van der Waals surface area (Å²) in [7, 11) is 0. The Kier molecular flexibility index (Phi) is 4.04. The maximum atomic E-state index is 5.58. The predicted molar refractivity (Wildman–Crippen MR) is 72.8 cm³/mol. The van der Waals surface area contributed by atoms with E-state index < -0.39 is 0 Å². The van der Waals surface area contributed by atoms with Gasteiger partial charge in [-0.1, -0.05) is 13.8 Å². The monoisotopic (exact) mass is 249 g/mol. The van der Waals surface area contributed by atoms with Gasteiger partial charge < -0.3 is 10.1 Å². The zero-order valence-corrected chi connectivity index (χ0v) is 11.7. The van der Waals surface area contributed by atoms with E-state index in [2.05, 4.69) is 29.1 Å². The number of aromatic nitrogens is 2. The topological polar surface area (TPSA) is 47.0 Å². The van der Waals surface area contributed by atoms with Gasteiger partial charge in [-0.05, 0) is 38.5 Å². The second-order valence-corrected chi connectivity index (χ2v) is 5.57. The second-order valence-electron chi connectivity index (χ2n) is 5.57. The zero-order valence-electron chi connectivity index (χ0n) is 11.7. The number of hydrogen-bond donors (Lipinski definition) is 1. The molecule has 100 valence electrons. The summed E-state index contributed by atoms with van der Waals surface area (Å²) >= 11 is 0. The highest BCUT2D eigenvalue weighted by atomic mass is 16.5. The average Bonchev–Trinajstić information content (AvgIpc) is 2.61. The molecule has 1 fully saturated rings. The quantitative estimate of drug-likeness (QED) is 0.890. The molecule has 2 rings (SSSR count). The van der Waals surface area contributed by atoms with Gasteiger partial charge in [0.2, 0.25) is 5.88 Å². The minimum Gasteiger partial charge on any atom is -0.475 e. The summed E-state index contributed by atoms with van der Waals surface area (Å²) in [6.45, 7) is 8.62. The van der Waals surface area contributed by atoms with E-state index in [0.29, 0.717) is 17.8 Å². The van der Waals surface area contributed by atoms with E-state index in [-0.39, 0.29) is 6.10 Å². The molecule has 0 aliphatic heterocycles.